The van der Waals surface area contributed by atoms with Crippen LogP contribution in [0.4, 0.5) is 10.1 Å². The molecular formula is C24H26FN3O3. The smallest absolute Gasteiger partial charge is 0.287 e. The zero-order valence-corrected chi connectivity index (χ0v) is 17.5. The van der Waals surface area contributed by atoms with Crippen molar-refractivity contribution < 1.29 is 18.3 Å². The Morgan fingerprint density at radius 3 is 2.55 bits per heavy atom. The fourth-order valence-electron chi connectivity index (χ4n) is 3.54. The number of halogens is 1. The molecular weight excluding hydrogens is 397 g/mol. The standard InChI is InChI=1S/C24H26FN3O3/c1-27-12-14-28(15-13-27)22-5-3-2-4-18(22)16-26-24(29)23-11-10-21(31-23)17-30-20-8-6-19(25)7-9-20/h2-11H,12-17H2,1H3,(H,26,29). The fourth-order valence-corrected chi connectivity index (χ4v) is 3.54. The molecule has 2 aromatic carbocycles. The first-order valence-corrected chi connectivity index (χ1v) is 10.3. The third-order valence-corrected chi connectivity index (χ3v) is 5.36. The lowest BCUT2D eigenvalue weighted by molar-refractivity contribution is 0.0919. The van der Waals surface area contributed by atoms with Crippen LogP contribution in [0.1, 0.15) is 21.9 Å². The van der Waals surface area contributed by atoms with Crippen LogP contribution in [0.3, 0.4) is 0 Å². The topological polar surface area (TPSA) is 58.0 Å². The van der Waals surface area contributed by atoms with Crippen LogP contribution in [-0.2, 0) is 13.2 Å². The first-order chi connectivity index (χ1) is 15.1. The molecule has 0 radical (unpaired) electrons. The highest BCUT2D eigenvalue weighted by atomic mass is 19.1. The first kappa shape index (κ1) is 20.9. The second kappa shape index (κ2) is 9.66. The molecule has 0 spiro atoms. The van der Waals surface area contributed by atoms with Crippen molar-refractivity contribution in [1.29, 1.82) is 0 Å². The van der Waals surface area contributed by atoms with Gasteiger partial charge in [0.1, 0.15) is 23.9 Å². The number of carbonyl (C=O) groups is 1. The minimum atomic E-state index is -0.321. The minimum absolute atomic E-state index is 0.158. The number of para-hydroxylation sites is 1. The van der Waals surface area contributed by atoms with Gasteiger partial charge in [0, 0.05) is 38.4 Å². The average Bonchev–Trinajstić information content (AvgIpc) is 3.27. The van der Waals surface area contributed by atoms with E-state index in [-0.39, 0.29) is 24.1 Å². The van der Waals surface area contributed by atoms with E-state index in [1.54, 1.807) is 24.3 Å². The number of ether oxygens (including phenoxy) is 1. The first-order valence-electron chi connectivity index (χ1n) is 10.3. The second-order valence-corrected chi connectivity index (χ2v) is 7.61. The minimum Gasteiger partial charge on any atom is -0.486 e. The van der Waals surface area contributed by atoms with Crippen LogP contribution in [0.5, 0.6) is 5.75 Å². The molecule has 0 aliphatic carbocycles. The van der Waals surface area contributed by atoms with Crippen LogP contribution in [0, 0.1) is 5.82 Å². The largest absolute Gasteiger partial charge is 0.486 e. The van der Waals surface area contributed by atoms with Gasteiger partial charge < -0.3 is 24.3 Å². The summed E-state index contributed by atoms with van der Waals surface area (Å²) in [5.41, 5.74) is 2.23. The Balaban J connectivity index is 1.33. The van der Waals surface area contributed by atoms with Gasteiger partial charge in [-0.05, 0) is 55.1 Å². The highest BCUT2D eigenvalue weighted by Crippen LogP contribution is 2.22. The molecule has 0 saturated carbocycles. The molecule has 2 heterocycles. The SMILES string of the molecule is CN1CCN(c2ccccc2CNC(=O)c2ccc(COc3ccc(F)cc3)o2)CC1. The van der Waals surface area contributed by atoms with Gasteiger partial charge in [-0.1, -0.05) is 18.2 Å². The molecule has 1 saturated heterocycles. The van der Waals surface area contributed by atoms with Gasteiger partial charge in [-0.3, -0.25) is 4.79 Å². The number of likely N-dealkylation sites (N-methyl/N-ethyl adjacent to an activating group) is 1. The molecule has 1 aromatic heterocycles. The number of anilines is 1. The van der Waals surface area contributed by atoms with Crippen molar-refractivity contribution >= 4 is 11.6 Å². The third kappa shape index (κ3) is 5.44. The summed E-state index contributed by atoms with van der Waals surface area (Å²) in [4.78, 5) is 17.2. The predicted molar refractivity (Wildman–Crippen MR) is 117 cm³/mol. The summed E-state index contributed by atoms with van der Waals surface area (Å²) in [6.07, 6.45) is 0. The number of nitrogens with one attached hydrogen (secondary N) is 1. The number of hydrogen-bond acceptors (Lipinski definition) is 5. The van der Waals surface area contributed by atoms with Crippen molar-refractivity contribution in [1.82, 2.24) is 10.2 Å². The van der Waals surface area contributed by atoms with Gasteiger partial charge >= 0.3 is 0 Å². The molecule has 0 bridgehead atoms. The fraction of sp³-hybridized carbons (Fsp3) is 0.292. The molecule has 7 heteroatoms. The molecule has 3 aromatic rings. The van der Waals surface area contributed by atoms with Crippen molar-refractivity contribution in [2.75, 3.05) is 38.1 Å². The zero-order chi connectivity index (χ0) is 21.6. The number of amides is 1. The summed E-state index contributed by atoms with van der Waals surface area (Å²) in [7, 11) is 2.13. The summed E-state index contributed by atoms with van der Waals surface area (Å²) in [5, 5.41) is 2.94. The van der Waals surface area contributed by atoms with Gasteiger partial charge in [0.2, 0.25) is 0 Å². The maximum atomic E-state index is 13.0. The maximum Gasteiger partial charge on any atom is 0.287 e. The quantitative estimate of drug-likeness (QED) is 0.628. The molecule has 0 atom stereocenters. The van der Waals surface area contributed by atoms with E-state index >= 15 is 0 Å². The monoisotopic (exact) mass is 423 g/mol. The van der Waals surface area contributed by atoms with E-state index in [1.807, 2.05) is 18.2 Å². The Kier molecular flexibility index (Phi) is 6.52. The van der Waals surface area contributed by atoms with Crippen LogP contribution in [0.25, 0.3) is 0 Å². The van der Waals surface area contributed by atoms with E-state index in [0.29, 0.717) is 18.1 Å². The summed E-state index contributed by atoms with van der Waals surface area (Å²) in [5.74, 6) is 0.686. The lowest BCUT2D eigenvalue weighted by Crippen LogP contribution is -2.45. The van der Waals surface area contributed by atoms with E-state index in [2.05, 4.69) is 28.2 Å². The van der Waals surface area contributed by atoms with E-state index in [4.69, 9.17) is 9.15 Å². The molecule has 1 aliphatic heterocycles. The molecule has 1 amide bonds. The number of nitrogens with zero attached hydrogens (tertiary/aromatic N) is 2. The van der Waals surface area contributed by atoms with Crippen LogP contribution in [0.2, 0.25) is 0 Å². The molecule has 1 fully saturated rings. The summed E-state index contributed by atoms with van der Waals surface area (Å²) in [6, 6.07) is 17.2. The molecule has 162 valence electrons. The van der Waals surface area contributed by atoms with Crippen LogP contribution < -0.4 is 15.0 Å². The van der Waals surface area contributed by atoms with Crippen molar-refractivity contribution in [3.05, 3.63) is 83.6 Å². The molecule has 1 aliphatic rings. The number of furan rings is 1. The average molecular weight is 423 g/mol. The summed E-state index contributed by atoms with van der Waals surface area (Å²) < 4.78 is 24.1. The van der Waals surface area contributed by atoms with Crippen molar-refractivity contribution in [2.45, 2.75) is 13.2 Å². The van der Waals surface area contributed by atoms with E-state index < -0.39 is 0 Å². The van der Waals surface area contributed by atoms with Crippen LogP contribution in [0.15, 0.2) is 65.1 Å². The second-order valence-electron chi connectivity index (χ2n) is 7.61. The Morgan fingerprint density at radius 2 is 1.77 bits per heavy atom. The molecule has 1 N–H and O–H groups in total. The van der Waals surface area contributed by atoms with E-state index in [0.717, 1.165) is 37.4 Å². The van der Waals surface area contributed by atoms with Gasteiger partial charge in [0.25, 0.3) is 5.91 Å². The number of hydrogen-bond donors (Lipinski definition) is 1. The van der Waals surface area contributed by atoms with Gasteiger partial charge in [0.15, 0.2) is 5.76 Å². The maximum absolute atomic E-state index is 13.0. The Hall–Kier alpha value is -3.32. The number of benzene rings is 2. The lowest BCUT2D eigenvalue weighted by atomic mass is 10.1. The number of piperazine rings is 1. The molecule has 4 rings (SSSR count). The van der Waals surface area contributed by atoms with Crippen molar-refractivity contribution in [3.63, 3.8) is 0 Å². The Labute approximate surface area is 181 Å². The van der Waals surface area contributed by atoms with E-state index in [1.165, 1.54) is 12.1 Å². The number of rotatable bonds is 7. The predicted octanol–water partition coefficient (Wildman–Crippen LogP) is 3.68. The van der Waals surface area contributed by atoms with E-state index in [9.17, 15) is 9.18 Å². The van der Waals surface area contributed by atoms with Gasteiger partial charge in [0.05, 0.1) is 0 Å². The van der Waals surface area contributed by atoms with Gasteiger partial charge in [-0.25, -0.2) is 4.39 Å². The highest BCUT2D eigenvalue weighted by Gasteiger charge is 2.18. The Bertz CT molecular complexity index is 1010. The third-order valence-electron chi connectivity index (χ3n) is 5.36. The van der Waals surface area contributed by atoms with Crippen molar-refractivity contribution in [3.8, 4) is 5.75 Å². The van der Waals surface area contributed by atoms with Crippen molar-refractivity contribution in [2.24, 2.45) is 0 Å². The highest BCUT2D eigenvalue weighted by molar-refractivity contribution is 5.91. The van der Waals surface area contributed by atoms with Gasteiger partial charge in [-0.15, -0.1) is 0 Å². The lowest BCUT2D eigenvalue weighted by Gasteiger charge is -2.35. The summed E-state index contributed by atoms with van der Waals surface area (Å²) >= 11 is 0. The molecule has 0 unspecified atom stereocenters. The van der Waals surface area contributed by atoms with Gasteiger partial charge in [-0.2, -0.15) is 0 Å². The number of carbonyl (C=O) groups excluding carboxylic acids is 1. The Morgan fingerprint density at radius 1 is 1.03 bits per heavy atom. The van der Waals surface area contributed by atoms with Crippen LogP contribution in [-0.4, -0.2) is 44.0 Å². The van der Waals surface area contributed by atoms with Crippen LogP contribution >= 0.6 is 0 Å². The zero-order valence-electron chi connectivity index (χ0n) is 17.5. The normalized spacial score (nSPS) is 14.5. The molecule has 6 nitrogen and oxygen atoms in total. The summed E-state index contributed by atoms with van der Waals surface area (Å²) in [6.45, 7) is 4.56. The molecule has 31 heavy (non-hydrogen) atoms.